The summed E-state index contributed by atoms with van der Waals surface area (Å²) in [6.07, 6.45) is 2.11. The molecule has 0 bridgehead atoms. The second-order valence-corrected chi connectivity index (χ2v) is 7.80. The average Bonchev–Trinajstić information content (AvgIpc) is 2.97. The van der Waals surface area contributed by atoms with Crippen LogP contribution in [0.4, 0.5) is 0 Å². The Bertz CT molecular complexity index is 625. The molecule has 1 amide bonds. The number of rotatable bonds is 5. The van der Waals surface area contributed by atoms with Crippen molar-refractivity contribution in [2.45, 2.75) is 57.0 Å². The van der Waals surface area contributed by atoms with Crippen LogP contribution in [-0.4, -0.2) is 37.3 Å². The first kappa shape index (κ1) is 17.0. The van der Waals surface area contributed by atoms with E-state index in [1.807, 2.05) is 20.8 Å². The van der Waals surface area contributed by atoms with Gasteiger partial charge in [-0.25, -0.2) is 8.42 Å². The van der Waals surface area contributed by atoms with Gasteiger partial charge in [0.05, 0.1) is 4.90 Å². The van der Waals surface area contributed by atoms with Gasteiger partial charge in [-0.1, -0.05) is 24.6 Å². The largest absolute Gasteiger partial charge is 0.352 e. The lowest BCUT2D eigenvalue weighted by molar-refractivity contribution is -0.124. The number of benzene rings is 1. The number of carbonyl (C=O) groups is 1. The van der Waals surface area contributed by atoms with Crippen LogP contribution in [0, 0.1) is 6.92 Å². The van der Waals surface area contributed by atoms with Crippen molar-refractivity contribution in [3.8, 4) is 0 Å². The second-order valence-electron chi connectivity index (χ2n) is 5.90. The molecule has 0 radical (unpaired) electrons. The first-order valence-electron chi connectivity index (χ1n) is 7.75. The van der Waals surface area contributed by atoms with Crippen molar-refractivity contribution in [3.05, 3.63) is 29.8 Å². The van der Waals surface area contributed by atoms with E-state index in [1.165, 1.54) is 4.31 Å². The number of aryl methyl sites for hydroxylation is 1. The summed E-state index contributed by atoms with van der Waals surface area (Å²) in [6, 6.07) is 6.21. The maximum atomic E-state index is 12.8. The molecule has 0 saturated carbocycles. The van der Waals surface area contributed by atoms with Crippen molar-refractivity contribution in [2.75, 3.05) is 6.54 Å². The van der Waals surface area contributed by atoms with Gasteiger partial charge in [0.1, 0.15) is 6.04 Å². The summed E-state index contributed by atoms with van der Waals surface area (Å²) in [5, 5.41) is 2.89. The lowest BCUT2D eigenvalue weighted by Gasteiger charge is -2.24. The number of sulfonamides is 1. The molecule has 1 heterocycles. The first-order chi connectivity index (χ1) is 10.4. The predicted octanol–water partition coefficient (Wildman–Crippen LogP) is 2.06. The van der Waals surface area contributed by atoms with Crippen molar-refractivity contribution in [3.63, 3.8) is 0 Å². The Kier molecular flexibility index (Phi) is 5.24. The zero-order valence-corrected chi connectivity index (χ0v) is 14.2. The smallest absolute Gasteiger partial charge is 0.243 e. The van der Waals surface area contributed by atoms with Crippen molar-refractivity contribution >= 4 is 15.9 Å². The molecule has 1 fully saturated rings. The molecular formula is C16H24N2O3S. The summed E-state index contributed by atoms with van der Waals surface area (Å²) in [6.45, 7) is 6.22. The Hall–Kier alpha value is -1.40. The van der Waals surface area contributed by atoms with Gasteiger partial charge in [-0.3, -0.25) is 4.79 Å². The monoisotopic (exact) mass is 324 g/mol. The minimum absolute atomic E-state index is 0.0528. The third-order valence-corrected chi connectivity index (χ3v) is 6.06. The van der Waals surface area contributed by atoms with Crippen LogP contribution < -0.4 is 5.32 Å². The summed E-state index contributed by atoms with van der Waals surface area (Å²) < 4.78 is 26.9. The summed E-state index contributed by atoms with van der Waals surface area (Å²) in [4.78, 5) is 12.6. The van der Waals surface area contributed by atoms with Crippen molar-refractivity contribution in [2.24, 2.45) is 0 Å². The van der Waals surface area contributed by atoms with Gasteiger partial charge in [0.2, 0.25) is 15.9 Å². The molecule has 0 aromatic heterocycles. The van der Waals surface area contributed by atoms with Crippen LogP contribution >= 0.6 is 0 Å². The van der Waals surface area contributed by atoms with Gasteiger partial charge >= 0.3 is 0 Å². The highest BCUT2D eigenvalue weighted by molar-refractivity contribution is 7.89. The lowest BCUT2D eigenvalue weighted by atomic mass is 10.2. The molecule has 0 aliphatic carbocycles. The molecule has 0 unspecified atom stereocenters. The van der Waals surface area contributed by atoms with Gasteiger partial charge in [0.15, 0.2) is 0 Å². The minimum Gasteiger partial charge on any atom is -0.352 e. The molecule has 2 rings (SSSR count). The standard InChI is InChI=1S/C16H24N2O3S/c1-4-13(3)17-16(19)15-6-5-11-18(15)22(20,21)14-9-7-12(2)8-10-14/h7-10,13,15H,4-6,11H2,1-3H3,(H,17,19)/t13-,15+/m0/s1. The zero-order chi connectivity index (χ0) is 16.3. The zero-order valence-electron chi connectivity index (χ0n) is 13.4. The summed E-state index contributed by atoms with van der Waals surface area (Å²) in [5.41, 5.74) is 1.01. The maximum Gasteiger partial charge on any atom is 0.243 e. The van der Waals surface area contributed by atoms with Crippen LogP contribution in [0.25, 0.3) is 0 Å². The Labute approximate surface area is 132 Å². The van der Waals surface area contributed by atoms with Crippen LogP contribution in [0.1, 0.15) is 38.7 Å². The molecule has 1 aromatic rings. The van der Waals surface area contributed by atoms with Crippen molar-refractivity contribution in [1.82, 2.24) is 9.62 Å². The van der Waals surface area contributed by atoms with E-state index in [9.17, 15) is 13.2 Å². The van der Waals surface area contributed by atoms with E-state index in [0.717, 1.165) is 12.0 Å². The SMILES string of the molecule is CC[C@H](C)NC(=O)[C@H]1CCCN1S(=O)(=O)c1ccc(C)cc1. The molecule has 5 nitrogen and oxygen atoms in total. The molecule has 0 spiro atoms. The lowest BCUT2D eigenvalue weighted by Crippen LogP contribution is -2.48. The third kappa shape index (κ3) is 3.50. The minimum atomic E-state index is -3.62. The summed E-state index contributed by atoms with van der Waals surface area (Å²) in [7, 11) is -3.62. The number of amides is 1. The molecule has 1 aliphatic rings. The van der Waals surface area contributed by atoms with Gasteiger partial charge in [0.25, 0.3) is 0 Å². The third-order valence-electron chi connectivity index (χ3n) is 4.13. The number of carbonyl (C=O) groups excluding carboxylic acids is 1. The number of hydrogen-bond donors (Lipinski definition) is 1. The Morgan fingerprint density at radius 3 is 2.59 bits per heavy atom. The topological polar surface area (TPSA) is 66.5 Å². The maximum absolute atomic E-state index is 12.8. The van der Waals surface area contributed by atoms with Crippen molar-refractivity contribution in [1.29, 1.82) is 0 Å². The van der Waals surface area contributed by atoms with Gasteiger partial charge in [0, 0.05) is 12.6 Å². The fraction of sp³-hybridized carbons (Fsp3) is 0.562. The first-order valence-corrected chi connectivity index (χ1v) is 9.19. The Balaban J connectivity index is 2.22. The van der Waals surface area contributed by atoms with E-state index >= 15 is 0 Å². The number of nitrogens with one attached hydrogen (secondary N) is 1. The van der Waals surface area contributed by atoms with Crippen LogP contribution in [0.3, 0.4) is 0 Å². The highest BCUT2D eigenvalue weighted by Crippen LogP contribution is 2.26. The number of nitrogens with zero attached hydrogens (tertiary/aromatic N) is 1. The second kappa shape index (κ2) is 6.79. The van der Waals surface area contributed by atoms with E-state index in [0.29, 0.717) is 19.4 Å². The molecule has 1 aromatic carbocycles. The van der Waals surface area contributed by atoms with E-state index in [2.05, 4.69) is 5.32 Å². The molecule has 1 N–H and O–H groups in total. The van der Waals surface area contributed by atoms with Crippen molar-refractivity contribution < 1.29 is 13.2 Å². The quantitative estimate of drug-likeness (QED) is 0.901. The molecule has 22 heavy (non-hydrogen) atoms. The molecule has 122 valence electrons. The predicted molar refractivity (Wildman–Crippen MR) is 86.0 cm³/mol. The summed E-state index contributed by atoms with van der Waals surface area (Å²) in [5.74, 6) is -0.192. The Morgan fingerprint density at radius 2 is 2.00 bits per heavy atom. The van der Waals surface area contributed by atoms with Crippen LogP contribution in [-0.2, 0) is 14.8 Å². The Morgan fingerprint density at radius 1 is 1.36 bits per heavy atom. The molecule has 6 heteroatoms. The normalized spacial score (nSPS) is 20.8. The van der Waals surface area contributed by atoms with Crippen LogP contribution in [0.5, 0.6) is 0 Å². The fourth-order valence-electron chi connectivity index (χ4n) is 2.58. The highest BCUT2D eigenvalue weighted by Gasteiger charge is 2.39. The molecular weight excluding hydrogens is 300 g/mol. The van der Waals surface area contributed by atoms with E-state index in [-0.39, 0.29) is 16.8 Å². The molecule has 1 aliphatic heterocycles. The summed E-state index contributed by atoms with van der Waals surface area (Å²) >= 11 is 0. The fourth-order valence-corrected chi connectivity index (χ4v) is 4.23. The number of hydrogen-bond acceptors (Lipinski definition) is 3. The van der Waals surface area contributed by atoms with Gasteiger partial charge in [-0.05, 0) is 45.2 Å². The highest BCUT2D eigenvalue weighted by atomic mass is 32.2. The van der Waals surface area contributed by atoms with Gasteiger partial charge in [-0.2, -0.15) is 4.31 Å². The average molecular weight is 324 g/mol. The molecule has 1 saturated heterocycles. The van der Waals surface area contributed by atoms with Gasteiger partial charge < -0.3 is 5.32 Å². The van der Waals surface area contributed by atoms with E-state index in [4.69, 9.17) is 0 Å². The van der Waals surface area contributed by atoms with Gasteiger partial charge in [-0.15, -0.1) is 0 Å². The van der Waals surface area contributed by atoms with Crippen LogP contribution in [0.15, 0.2) is 29.2 Å². The molecule has 2 atom stereocenters. The van der Waals surface area contributed by atoms with Crippen LogP contribution in [0.2, 0.25) is 0 Å². The van der Waals surface area contributed by atoms with E-state index < -0.39 is 16.1 Å². The van der Waals surface area contributed by atoms with E-state index in [1.54, 1.807) is 24.3 Å².